The summed E-state index contributed by atoms with van der Waals surface area (Å²) in [7, 11) is 2.03. The van der Waals surface area contributed by atoms with Crippen molar-refractivity contribution < 1.29 is 0 Å². The zero-order chi connectivity index (χ0) is 20.4. The molecule has 1 aliphatic rings. The first-order valence-corrected chi connectivity index (χ1v) is 9.85. The molecule has 1 atom stereocenters. The monoisotopic (exact) mass is 389 g/mol. The van der Waals surface area contributed by atoms with Gasteiger partial charge in [-0.15, -0.1) is 0 Å². The Kier molecular flexibility index (Phi) is 5.05. The second-order valence-electron chi connectivity index (χ2n) is 8.46. The second-order valence-corrected chi connectivity index (χ2v) is 8.46. The molecule has 1 aliphatic carbocycles. The molecule has 0 spiro atoms. The van der Waals surface area contributed by atoms with E-state index >= 15 is 0 Å². The van der Waals surface area contributed by atoms with Gasteiger partial charge in [-0.25, -0.2) is 15.0 Å². The van der Waals surface area contributed by atoms with Crippen LogP contribution in [-0.4, -0.2) is 27.0 Å². The van der Waals surface area contributed by atoms with Gasteiger partial charge in [-0.1, -0.05) is 44.2 Å². The molecule has 3 aromatic rings. The van der Waals surface area contributed by atoms with Crippen molar-refractivity contribution in [1.82, 2.24) is 19.9 Å². The highest BCUT2D eigenvalue weighted by atomic mass is 15.2. The first-order valence-electron chi connectivity index (χ1n) is 9.85. The molecule has 0 radical (unpaired) electrons. The molecule has 4 rings (SSSR count). The Morgan fingerprint density at radius 3 is 2.69 bits per heavy atom. The fourth-order valence-electron chi connectivity index (χ4n) is 3.88. The highest BCUT2D eigenvalue weighted by Crippen LogP contribution is 2.41. The van der Waals surface area contributed by atoms with E-state index in [0.717, 1.165) is 36.6 Å². The summed E-state index contributed by atoms with van der Waals surface area (Å²) < 4.78 is 0. The van der Waals surface area contributed by atoms with Crippen LogP contribution in [0.5, 0.6) is 0 Å². The van der Waals surface area contributed by atoms with E-state index in [0.29, 0.717) is 11.8 Å². The van der Waals surface area contributed by atoms with E-state index < -0.39 is 0 Å². The van der Waals surface area contributed by atoms with Crippen LogP contribution in [0.4, 0.5) is 17.7 Å². The number of nitrogens with one attached hydrogen (secondary N) is 1. The third-order valence-electron chi connectivity index (χ3n) is 5.25. The minimum atomic E-state index is 0.0454. The van der Waals surface area contributed by atoms with E-state index in [1.54, 1.807) is 12.3 Å². The molecule has 0 fully saturated rings. The number of anilines is 3. The number of hydrogen-bond acceptors (Lipinski definition) is 7. The van der Waals surface area contributed by atoms with Crippen LogP contribution in [0.1, 0.15) is 43.1 Å². The zero-order valence-electron chi connectivity index (χ0n) is 17.1. The Bertz CT molecular complexity index is 987. The summed E-state index contributed by atoms with van der Waals surface area (Å²) in [4.78, 5) is 20.2. The van der Waals surface area contributed by atoms with Crippen LogP contribution in [0.3, 0.4) is 0 Å². The molecule has 0 bridgehead atoms. The molecular formula is C22H27N7. The van der Waals surface area contributed by atoms with E-state index in [1.807, 2.05) is 31.4 Å². The Morgan fingerprint density at radius 1 is 1.14 bits per heavy atom. The first-order chi connectivity index (χ1) is 13.9. The molecule has 0 saturated heterocycles. The molecule has 150 valence electrons. The summed E-state index contributed by atoms with van der Waals surface area (Å²) >= 11 is 0. The molecule has 0 amide bonds. The maximum atomic E-state index is 5.81. The molecule has 0 saturated carbocycles. The SMILES string of the molecule is CN(Cc1ccccc1)c1ncc2c(n1)CC(C)(C)CC2Nc1nccc(N)n1. The van der Waals surface area contributed by atoms with Crippen molar-refractivity contribution >= 4 is 17.7 Å². The van der Waals surface area contributed by atoms with E-state index in [1.165, 1.54) is 5.56 Å². The van der Waals surface area contributed by atoms with Gasteiger partial charge in [0, 0.05) is 31.5 Å². The largest absolute Gasteiger partial charge is 0.384 e. The summed E-state index contributed by atoms with van der Waals surface area (Å²) in [6.07, 6.45) is 5.46. The van der Waals surface area contributed by atoms with Crippen LogP contribution in [0.15, 0.2) is 48.8 Å². The van der Waals surface area contributed by atoms with Gasteiger partial charge < -0.3 is 16.0 Å². The lowest BCUT2D eigenvalue weighted by Crippen LogP contribution is -2.31. The van der Waals surface area contributed by atoms with E-state index in [4.69, 9.17) is 10.7 Å². The third kappa shape index (κ3) is 4.45. The van der Waals surface area contributed by atoms with Gasteiger partial charge in [0.15, 0.2) is 0 Å². The van der Waals surface area contributed by atoms with E-state index in [-0.39, 0.29) is 11.5 Å². The second kappa shape index (κ2) is 7.66. The quantitative estimate of drug-likeness (QED) is 0.688. The fraction of sp³-hybridized carbons (Fsp3) is 0.364. The van der Waals surface area contributed by atoms with Crippen LogP contribution in [0, 0.1) is 5.41 Å². The van der Waals surface area contributed by atoms with Crippen molar-refractivity contribution in [2.24, 2.45) is 5.41 Å². The van der Waals surface area contributed by atoms with Gasteiger partial charge in [0.25, 0.3) is 0 Å². The Morgan fingerprint density at radius 2 is 1.93 bits per heavy atom. The number of nitrogen functional groups attached to an aromatic ring is 1. The smallest absolute Gasteiger partial charge is 0.225 e. The molecule has 1 unspecified atom stereocenters. The molecule has 3 N–H and O–H groups in total. The van der Waals surface area contributed by atoms with Gasteiger partial charge >= 0.3 is 0 Å². The maximum Gasteiger partial charge on any atom is 0.225 e. The number of hydrogen-bond donors (Lipinski definition) is 2. The van der Waals surface area contributed by atoms with Crippen LogP contribution in [0.2, 0.25) is 0 Å². The number of aromatic nitrogens is 4. The number of nitrogens with zero attached hydrogens (tertiary/aromatic N) is 5. The van der Waals surface area contributed by atoms with Gasteiger partial charge in [0.1, 0.15) is 5.82 Å². The lowest BCUT2D eigenvalue weighted by Gasteiger charge is -2.36. The normalized spacial score (nSPS) is 17.4. The van der Waals surface area contributed by atoms with Crippen molar-refractivity contribution in [2.75, 3.05) is 23.0 Å². The summed E-state index contributed by atoms with van der Waals surface area (Å²) in [5.74, 6) is 1.72. The first kappa shape index (κ1) is 19.1. The van der Waals surface area contributed by atoms with E-state index in [2.05, 4.69) is 51.1 Å². The van der Waals surface area contributed by atoms with Crippen molar-refractivity contribution in [1.29, 1.82) is 0 Å². The molecule has 1 aromatic carbocycles. The zero-order valence-corrected chi connectivity index (χ0v) is 17.1. The molecule has 2 aromatic heterocycles. The average molecular weight is 390 g/mol. The number of benzene rings is 1. The molecule has 7 nitrogen and oxygen atoms in total. The van der Waals surface area contributed by atoms with E-state index in [9.17, 15) is 0 Å². The summed E-state index contributed by atoms with van der Waals surface area (Å²) in [5.41, 5.74) is 9.32. The highest BCUT2D eigenvalue weighted by molar-refractivity contribution is 5.42. The van der Waals surface area contributed by atoms with Crippen molar-refractivity contribution in [3.05, 3.63) is 65.6 Å². The summed E-state index contributed by atoms with van der Waals surface area (Å²) in [5, 5.41) is 3.43. The van der Waals surface area contributed by atoms with Crippen LogP contribution >= 0.6 is 0 Å². The Balaban J connectivity index is 1.60. The molecular weight excluding hydrogens is 362 g/mol. The van der Waals surface area contributed by atoms with Gasteiger partial charge in [-0.2, -0.15) is 4.98 Å². The Hall–Kier alpha value is -3.22. The maximum absolute atomic E-state index is 5.81. The predicted octanol–water partition coefficient (Wildman–Crippen LogP) is 3.61. The van der Waals surface area contributed by atoms with Gasteiger partial charge in [0.2, 0.25) is 11.9 Å². The number of rotatable bonds is 5. The predicted molar refractivity (Wildman–Crippen MR) is 115 cm³/mol. The van der Waals surface area contributed by atoms with Gasteiger partial charge in [-0.3, -0.25) is 0 Å². The summed E-state index contributed by atoms with van der Waals surface area (Å²) in [6.45, 7) is 5.29. The average Bonchev–Trinajstić information content (AvgIpc) is 2.67. The van der Waals surface area contributed by atoms with Crippen LogP contribution in [-0.2, 0) is 13.0 Å². The Labute approximate surface area is 171 Å². The number of fused-ring (bicyclic) bond motifs is 1. The molecule has 29 heavy (non-hydrogen) atoms. The molecule has 0 aliphatic heterocycles. The van der Waals surface area contributed by atoms with Gasteiger partial charge in [0.05, 0.1) is 11.7 Å². The minimum Gasteiger partial charge on any atom is -0.384 e. The molecule has 7 heteroatoms. The van der Waals surface area contributed by atoms with Crippen LogP contribution < -0.4 is 16.0 Å². The minimum absolute atomic E-state index is 0.0454. The molecule has 2 heterocycles. The lowest BCUT2D eigenvalue weighted by molar-refractivity contribution is 0.286. The van der Waals surface area contributed by atoms with Crippen LogP contribution in [0.25, 0.3) is 0 Å². The summed E-state index contributed by atoms with van der Waals surface area (Å²) in [6, 6.07) is 12.1. The van der Waals surface area contributed by atoms with Crippen molar-refractivity contribution in [3.8, 4) is 0 Å². The van der Waals surface area contributed by atoms with Crippen molar-refractivity contribution in [3.63, 3.8) is 0 Å². The topological polar surface area (TPSA) is 92.9 Å². The standard InChI is InChI=1S/C22H27N7/c1-22(2)11-17(26-20-24-10-9-19(23)28-20)16-13-25-21(27-18(16)12-22)29(3)14-15-7-5-4-6-8-15/h4-10,13,17H,11-12,14H2,1-3H3,(H3,23,24,26,28). The van der Waals surface area contributed by atoms with Gasteiger partial charge in [-0.05, 0) is 29.9 Å². The highest BCUT2D eigenvalue weighted by Gasteiger charge is 2.34. The third-order valence-corrected chi connectivity index (χ3v) is 5.25. The fourth-order valence-corrected chi connectivity index (χ4v) is 3.88. The van der Waals surface area contributed by atoms with Crippen molar-refractivity contribution in [2.45, 2.75) is 39.3 Å². The lowest BCUT2D eigenvalue weighted by atomic mass is 9.74. The number of nitrogens with two attached hydrogens (primary N) is 1.